The first-order chi connectivity index (χ1) is 15.6. The highest BCUT2D eigenvalue weighted by Gasteiger charge is 2.11. The number of benzene rings is 3. The molecule has 0 aliphatic rings. The highest BCUT2D eigenvalue weighted by Crippen LogP contribution is 2.28. The molecule has 0 aliphatic heterocycles. The molecule has 0 saturated heterocycles. The van der Waals surface area contributed by atoms with E-state index in [4.69, 9.17) is 14.2 Å². The van der Waals surface area contributed by atoms with E-state index in [1.165, 1.54) is 0 Å². The van der Waals surface area contributed by atoms with E-state index in [2.05, 4.69) is 26.5 Å². The quantitative estimate of drug-likeness (QED) is 0.293. The molecule has 0 radical (unpaired) electrons. The summed E-state index contributed by atoms with van der Waals surface area (Å²) in [6, 6.07) is 20.5. The average Bonchev–Trinajstić information content (AvgIpc) is 2.83. The zero-order chi connectivity index (χ0) is 22.8. The van der Waals surface area contributed by atoms with Gasteiger partial charge in [0.2, 0.25) is 0 Å². The van der Waals surface area contributed by atoms with Crippen LogP contribution >= 0.6 is 15.9 Å². The molecule has 32 heavy (non-hydrogen) atoms. The molecule has 0 unspecified atom stereocenters. The van der Waals surface area contributed by atoms with Crippen LogP contribution in [-0.4, -0.2) is 25.8 Å². The number of methoxy groups -OCH3 is 1. The Morgan fingerprint density at radius 2 is 1.78 bits per heavy atom. The van der Waals surface area contributed by atoms with E-state index in [0.717, 1.165) is 22.0 Å². The van der Waals surface area contributed by atoms with E-state index in [1.807, 2.05) is 55.5 Å². The predicted octanol–water partition coefficient (Wildman–Crippen LogP) is 5.59. The van der Waals surface area contributed by atoms with Crippen LogP contribution in [-0.2, 0) is 6.61 Å². The van der Waals surface area contributed by atoms with Crippen molar-refractivity contribution in [3.05, 3.63) is 87.9 Å². The Hall–Kier alpha value is -3.32. The Balaban J connectivity index is 1.63. The molecule has 0 saturated carbocycles. The number of nitrogens with one attached hydrogen (secondary N) is 1. The van der Waals surface area contributed by atoms with E-state index < -0.39 is 0 Å². The highest BCUT2D eigenvalue weighted by molar-refractivity contribution is 9.10. The van der Waals surface area contributed by atoms with Gasteiger partial charge in [0.1, 0.15) is 12.4 Å². The first-order valence-corrected chi connectivity index (χ1v) is 11.0. The van der Waals surface area contributed by atoms with Crippen LogP contribution in [0.4, 0.5) is 0 Å². The maximum Gasteiger partial charge on any atom is 0.271 e. The van der Waals surface area contributed by atoms with Gasteiger partial charge in [-0.1, -0.05) is 47.1 Å². The van der Waals surface area contributed by atoms with Crippen molar-refractivity contribution in [3.8, 4) is 17.2 Å². The molecule has 166 valence electrons. The number of hydrazone groups is 1. The van der Waals surface area contributed by atoms with E-state index in [1.54, 1.807) is 31.5 Å². The second kappa shape index (κ2) is 11.9. The van der Waals surface area contributed by atoms with Gasteiger partial charge in [0.25, 0.3) is 5.91 Å². The minimum atomic E-state index is -0.352. The van der Waals surface area contributed by atoms with Crippen LogP contribution in [0.1, 0.15) is 34.8 Å². The lowest BCUT2D eigenvalue weighted by atomic mass is 10.2. The summed E-state index contributed by atoms with van der Waals surface area (Å²) in [6.45, 7) is 3.03. The van der Waals surface area contributed by atoms with Crippen molar-refractivity contribution in [3.63, 3.8) is 0 Å². The summed E-state index contributed by atoms with van der Waals surface area (Å²) in [5, 5.41) is 4.09. The second-order valence-corrected chi connectivity index (χ2v) is 7.78. The molecule has 1 N–H and O–H groups in total. The van der Waals surface area contributed by atoms with Crippen LogP contribution in [0.2, 0.25) is 0 Å². The molecule has 0 spiro atoms. The third kappa shape index (κ3) is 6.59. The van der Waals surface area contributed by atoms with Gasteiger partial charge in [0, 0.05) is 15.6 Å². The molecule has 1 amide bonds. The van der Waals surface area contributed by atoms with Gasteiger partial charge in [-0.05, 0) is 54.4 Å². The van der Waals surface area contributed by atoms with Crippen molar-refractivity contribution in [2.75, 3.05) is 13.7 Å². The minimum Gasteiger partial charge on any atom is -0.493 e. The van der Waals surface area contributed by atoms with Gasteiger partial charge in [-0.2, -0.15) is 5.10 Å². The van der Waals surface area contributed by atoms with Crippen molar-refractivity contribution in [2.45, 2.75) is 20.0 Å². The van der Waals surface area contributed by atoms with Gasteiger partial charge in [-0.15, -0.1) is 0 Å². The maximum atomic E-state index is 12.5. The average molecular weight is 497 g/mol. The molecule has 0 atom stereocenters. The van der Waals surface area contributed by atoms with Crippen molar-refractivity contribution >= 4 is 28.1 Å². The van der Waals surface area contributed by atoms with Crippen molar-refractivity contribution < 1.29 is 19.0 Å². The zero-order valence-corrected chi connectivity index (χ0v) is 19.6. The van der Waals surface area contributed by atoms with Crippen molar-refractivity contribution in [2.24, 2.45) is 5.10 Å². The summed E-state index contributed by atoms with van der Waals surface area (Å²) in [6.07, 6.45) is 2.44. The summed E-state index contributed by atoms with van der Waals surface area (Å²) in [7, 11) is 1.54. The Bertz CT molecular complexity index is 1070. The molecule has 0 aliphatic carbocycles. The Morgan fingerprint density at radius 3 is 2.53 bits per heavy atom. The first kappa shape index (κ1) is 23.3. The number of carbonyl (C=O) groups excluding carboxylic acids is 1. The molecule has 0 heterocycles. The third-order valence-electron chi connectivity index (χ3n) is 4.48. The van der Waals surface area contributed by atoms with E-state index >= 15 is 0 Å². The van der Waals surface area contributed by atoms with Gasteiger partial charge < -0.3 is 14.2 Å². The molecule has 0 bridgehead atoms. The van der Waals surface area contributed by atoms with E-state index in [0.29, 0.717) is 36.0 Å². The topological polar surface area (TPSA) is 69.2 Å². The Labute approximate surface area is 196 Å². The number of hydrogen-bond donors (Lipinski definition) is 1. The summed E-state index contributed by atoms with van der Waals surface area (Å²) in [4.78, 5) is 12.5. The molecule has 3 aromatic rings. The van der Waals surface area contributed by atoms with Crippen molar-refractivity contribution in [1.29, 1.82) is 0 Å². The lowest BCUT2D eigenvalue weighted by Crippen LogP contribution is -2.17. The van der Waals surface area contributed by atoms with Gasteiger partial charge in [-0.3, -0.25) is 4.79 Å². The fraction of sp³-hybridized carbons (Fsp3) is 0.200. The van der Waals surface area contributed by atoms with Gasteiger partial charge in [-0.25, -0.2) is 5.43 Å². The first-order valence-electron chi connectivity index (χ1n) is 10.2. The maximum absolute atomic E-state index is 12.5. The number of halogens is 1. The standard InChI is InChI=1S/C25H25BrN2O4/c1-3-14-31-23-13-10-19(15-24(23)30-2)25(29)28-27-16-20-6-4-5-7-22(20)32-17-18-8-11-21(26)12-9-18/h4-13,15-16H,3,14,17H2,1-2H3,(H,28,29)/b27-16+. The SMILES string of the molecule is CCCOc1ccc(C(=O)N/N=C/c2ccccc2OCc2ccc(Br)cc2)cc1OC. The fourth-order valence-corrected chi connectivity index (χ4v) is 3.09. The van der Waals surface area contributed by atoms with Gasteiger partial charge in [0.15, 0.2) is 11.5 Å². The Morgan fingerprint density at radius 1 is 1.00 bits per heavy atom. The number of ether oxygens (including phenoxy) is 3. The van der Waals surface area contributed by atoms with Gasteiger partial charge in [0.05, 0.1) is 19.9 Å². The van der Waals surface area contributed by atoms with Gasteiger partial charge >= 0.3 is 0 Å². The molecule has 0 aromatic heterocycles. The number of rotatable bonds is 10. The van der Waals surface area contributed by atoms with Crippen LogP contribution in [0, 0.1) is 0 Å². The monoisotopic (exact) mass is 496 g/mol. The van der Waals surface area contributed by atoms with Crippen LogP contribution in [0.3, 0.4) is 0 Å². The number of amides is 1. The van der Waals surface area contributed by atoms with Crippen LogP contribution in [0.15, 0.2) is 76.3 Å². The number of carbonyl (C=O) groups is 1. The van der Waals surface area contributed by atoms with Crippen LogP contribution < -0.4 is 19.6 Å². The third-order valence-corrected chi connectivity index (χ3v) is 5.01. The predicted molar refractivity (Wildman–Crippen MR) is 129 cm³/mol. The summed E-state index contributed by atoms with van der Waals surface area (Å²) in [5.41, 5.74) is 4.77. The second-order valence-electron chi connectivity index (χ2n) is 6.87. The Kier molecular flexibility index (Phi) is 8.69. The smallest absolute Gasteiger partial charge is 0.271 e. The molecule has 3 rings (SSSR count). The molecular weight excluding hydrogens is 472 g/mol. The van der Waals surface area contributed by atoms with Crippen molar-refractivity contribution in [1.82, 2.24) is 5.43 Å². The largest absolute Gasteiger partial charge is 0.493 e. The van der Waals surface area contributed by atoms with Crippen LogP contribution in [0.25, 0.3) is 0 Å². The normalized spacial score (nSPS) is 10.7. The zero-order valence-electron chi connectivity index (χ0n) is 18.0. The molecule has 0 fully saturated rings. The number of hydrogen-bond acceptors (Lipinski definition) is 5. The number of nitrogens with zero attached hydrogens (tertiary/aromatic N) is 1. The lowest BCUT2D eigenvalue weighted by Gasteiger charge is -2.11. The molecule has 6 nitrogen and oxygen atoms in total. The highest BCUT2D eigenvalue weighted by atomic mass is 79.9. The van der Waals surface area contributed by atoms with Crippen LogP contribution in [0.5, 0.6) is 17.2 Å². The summed E-state index contributed by atoms with van der Waals surface area (Å²) in [5.74, 6) is 1.43. The molecule has 7 heteroatoms. The molecular formula is C25H25BrN2O4. The summed E-state index contributed by atoms with van der Waals surface area (Å²) >= 11 is 3.43. The van der Waals surface area contributed by atoms with E-state index in [-0.39, 0.29) is 5.91 Å². The molecule has 3 aromatic carbocycles. The fourth-order valence-electron chi connectivity index (χ4n) is 2.83. The lowest BCUT2D eigenvalue weighted by molar-refractivity contribution is 0.0954. The van der Waals surface area contributed by atoms with E-state index in [9.17, 15) is 4.79 Å². The minimum absolute atomic E-state index is 0.352. The number of para-hydroxylation sites is 1. The summed E-state index contributed by atoms with van der Waals surface area (Å²) < 4.78 is 17.9.